The van der Waals surface area contributed by atoms with Crippen molar-refractivity contribution in [3.63, 3.8) is 0 Å². The number of thioether (sulfide) groups is 1. The fourth-order valence-corrected chi connectivity index (χ4v) is 1.51. The SMILES string of the molecule is BrC1=CSCC=C1. The van der Waals surface area contributed by atoms with Gasteiger partial charge in [0.15, 0.2) is 0 Å². The molecule has 1 heterocycles. The lowest BCUT2D eigenvalue weighted by Gasteiger charge is -1.94. The number of hydrogen-bond donors (Lipinski definition) is 0. The van der Waals surface area contributed by atoms with Gasteiger partial charge in [0.05, 0.1) is 0 Å². The van der Waals surface area contributed by atoms with Crippen LogP contribution in [0, 0.1) is 0 Å². The molecule has 38 valence electrons. The summed E-state index contributed by atoms with van der Waals surface area (Å²) in [6.45, 7) is 0. The number of allylic oxidation sites excluding steroid dienone is 2. The van der Waals surface area contributed by atoms with E-state index in [1.54, 1.807) is 0 Å². The van der Waals surface area contributed by atoms with E-state index >= 15 is 0 Å². The van der Waals surface area contributed by atoms with E-state index in [9.17, 15) is 0 Å². The molecule has 0 amide bonds. The Kier molecular flexibility index (Phi) is 2.00. The first kappa shape index (κ1) is 5.45. The number of rotatable bonds is 0. The molecule has 0 aromatic rings. The Morgan fingerprint density at radius 3 is 2.86 bits per heavy atom. The minimum absolute atomic E-state index is 1.12. The molecule has 2 heteroatoms. The Labute approximate surface area is 55.8 Å². The molecule has 0 unspecified atom stereocenters. The molecule has 0 nitrogen and oxygen atoms in total. The molecule has 0 saturated carbocycles. The summed E-state index contributed by atoms with van der Waals surface area (Å²) >= 11 is 5.15. The van der Waals surface area contributed by atoms with Crippen LogP contribution in [0.4, 0.5) is 0 Å². The first-order valence-corrected chi connectivity index (χ1v) is 3.87. The molecule has 0 bridgehead atoms. The lowest BCUT2D eigenvalue weighted by Crippen LogP contribution is -1.72. The van der Waals surface area contributed by atoms with Crippen molar-refractivity contribution >= 4 is 27.7 Å². The van der Waals surface area contributed by atoms with Crippen molar-refractivity contribution in [1.82, 2.24) is 0 Å². The maximum Gasteiger partial charge on any atom is 0.0235 e. The molecule has 7 heavy (non-hydrogen) atoms. The van der Waals surface area contributed by atoms with Crippen molar-refractivity contribution in [1.29, 1.82) is 0 Å². The summed E-state index contributed by atoms with van der Waals surface area (Å²) < 4.78 is 1.18. The van der Waals surface area contributed by atoms with Gasteiger partial charge in [0.1, 0.15) is 0 Å². The quantitative estimate of drug-likeness (QED) is 0.547. The summed E-state index contributed by atoms with van der Waals surface area (Å²) in [6.07, 6.45) is 4.20. The molecule has 0 aromatic carbocycles. The Hall–Kier alpha value is 0.310. The van der Waals surface area contributed by atoms with Crippen LogP contribution in [0.5, 0.6) is 0 Å². The van der Waals surface area contributed by atoms with Crippen molar-refractivity contribution in [3.8, 4) is 0 Å². The normalized spacial score (nSPS) is 19.3. The van der Waals surface area contributed by atoms with Gasteiger partial charge in [-0.2, -0.15) is 0 Å². The second-order valence-electron chi connectivity index (χ2n) is 1.24. The monoisotopic (exact) mass is 176 g/mol. The predicted molar refractivity (Wildman–Crippen MR) is 38.6 cm³/mol. The lowest BCUT2D eigenvalue weighted by atomic mass is 10.5. The molecular weight excluding hydrogens is 172 g/mol. The summed E-state index contributed by atoms with van der Waals surface area (Å²) in [6, 6.07) is 0. The van der Waals surface area contributed by atoms with Crippen LogP contribution in [0.2, 0.25) is 0 Å². The topological polar surface area (TPSA) is 0 Å². The highest BCUT2D eigenvalue weighted by Gasteiger charge is 1.88. The lowest BCUT2D eigenvalue weighted by molar-refractivity contribution is 1.73. The molecule has 1 aliphatic rings. The van der Waals surface area contributed by atoms with Crippen molar-refractivity contribution in [3.05, 3.63) is 22.0 Å². The van der Waals surface area contributed by atoms with E-state index in [4.69, 9.17) is 0 Å². The average Bonchev–Trinajstić information content (AvgIpc) is 1.69. The molecule has 0 spiro atoms. The summed E-state index contributed by atoms with van der Waals surface area (Å²) in [7, 11) is 0. The van der Waals surface area contributed by atoms with E-state index in [1.807, 2.05) is 11.8 Å². The highest BCUT2D eigenvalue weighted by Crippen LogP contribution is 2.18. The zero-order chi connectivity index (χ0) is 5.11. The van der Waals surface area contributed by atoms with Gasteiger partial charge in [-0.25, -0.2) is 0 Å². The Morgan fingerprint density at radius 1 is 1.71 bits per heavy atom. The molecule has 0 aromatic heterocycles. The summed E-state index contributed by atoms with van der Waals surface area (Å²) in [4.78, 5) is 0. The van der Waals surface area contributed by atoms with Crippen LogP contribution in [0.25, 0.3) is 0 Å². The number of halogens is 1. The maximum absolute atomic E-state index is 3.34. The van der Waals surface area contributed by atoms with Crippen molar-refractivity contribution in [2.45, 2.75) is 0 Å². The second-order valence-corrected chi connectivity index (χ2v) is 3.06. The van der Waals surface area contributed by atoms with Gasteiger partial charge in [0.25, 0.3) is 0 Å². The van der Waals surface area contributed by atoms with Gasteiger partial charge in [-0.15, -0.1) is 11.8 Å². The maximum atomic E-state index is 3.34. The third-order valence-corrected chi connectivity index (χ3v) is 2.27. The van der Waals surface area contributed by atoms with Gasteiger partial charge < -0.3 is 0 Å². The molecular formula is C5H5BrS. The average molecular weight is 177 g/mol. The molecule has 0 radical (unpaired) electrons. The Morgan fingerprint density at radius 2 is 2.57 bits per heavy atom. The van der Waals surface area contributed by atoms with E-state index < -0.39 is 0 Å². The van der Waals surface area contributed by atoms with E-state index in [2.05, 4.69) is 33.5 Å². The Bertz CT molecular complexity index is 115. The summed E-state index contributed by atoms with van der Waals surface area (Å²) in [5, 5.41) is 2.10. The smallest absolute Gasteiger partial charge is 0.0235 e. The van der Waals surface area contributed by atoms with Gasteiger partial charge in [-0.1, -0.05) is 28.1 Å². The molecule has 0 saturated heterocycles. The fraction of sp³-hybridized carbons (Fsp3) is 0.200. The van der Waals surface area contributed by atoms with E-state index in [0.717, 1.165) is 5.75 Å². The van der Waals surface area contributed by atoms with Crippen LogP contribution in [0.15, 0.2) is 22.0 Å². The summed E-state index contributed by atoms with van der Waals surface area (Å²) in [5.74, 6) is 1.12. The molecule has 0 N–H and O–H groups in total. The van der Waals surface area contributed by atoms with Gasteiger partial charge >= 0.3 is 0 Å². The third kappa shape index (κ3) is 1.70. The van der Waals surface area contributed by atoms with Crippen LogP contribution in [0.1, 0.15) is 0 Å². The zero-order valence-electron chi connectivity index (χ0n) is 3.73. The fourth-order valence-electron chi connectivity index (χ4n) is 0.383. The standard InChI is InChI=1S/C5H5BrS/c6-5-2-1-3-7-4-5/h1-2,4H,3H2. The van der Waals surface area contributed by atoms with Crippen molar-refractivity contribution in [2.24, 2.45) is 0 Å². The molecule has 1 rings (SSSR count). The zero-order valence-corrected chi connectivity index (χ0v) is 6.13. The molecule has 0 aliphatic carbocycles. The van der Waals surface area contributed by atoms with Crippen LogP contribution in [0.3, 0.4) is 0 Å². The summed E-state index contributed by atoms with van der Waals surface area (Å²) in [5.41, 5.74) is 0. The van der Waals surface area contributed by atoms with Gasteiger partial charge in [0.2, 0.25) is 0 Å². The highest BCUT2D eigenvalue weighted by atomic mass is 79.9. The highest BCUT2D eigenvalue weighted by molar-refractivity contribution is 9.12. The van der Waals surface area contributed by atoms with E-state index in [0.29, 0.717) is 0 Å². The van der Waals surface area contributed by atoms with Crippen LogP contribution in [-0.4, -0.2) is 5.75 Å². The van der Waals surface area contributed by atoms with Gasteiger partial charge in [-0.05, 0) is 5.41 Å². The first-order chi connectivity index (χ1) is 3.39. The van der Waals surface area contributed by atoms with Gasteiger partial charge in [0, 0.05) is 10.2 Å². The van der Waals surface area contributed by atoms with E-state index in [1.165, 1.54) is 4.48 Å². The van der Waals surface area contributed by atoms with Crippen molar-refractivity contribution < 1.29 is 0 Å². The first-order valence-electron chi connectivity index (χ1n) is 2.03. The Balaban J connectivity index is 2.58. The minimum Gasteiger partial charge on any atom is -0.129 e. The molecule has 0 atom stereocenters. The van der Waals surface area contributed by atoms with Gasteiger partial charge in [-0.3, -0.25) is 0 Å². The van der Waals surface area contributed by atoms with Crippen molar-refractivity contribution in [2.75, 3.05) is 5.75 Å². The minimum atomic E-state index is 1.12. The van der Waals surface area contributed by atoms with Crippen LogP contribution < -0.4 is 0 Å². The van der Waals surface area contributed by atoms with Crippen LogP contribution >= 0.6 is 27.7 Å². The third-order valence-electron chi connectivity index (χ3n) is 0.665. The van der Waals surface area contributed by atoms with Crippen LogP contribution in [-0.2, 0) is 0 Å². The molecule has 0 fully saturated rings. The number of hydrogen-bond acceptors (Lipinski definition) is 1. The largest absolute Gasteiger partial charge is 0.129 e. The van der Waals surface area contributed by atoms with E-state index in [-0.39, 0.29) is 0 Å². The second kappa shape index (κ2) is 2.58. The molecule has 1 aliphatic heterocycles. The predicted octanol–water partition coefficient (Wildman–Crippen LogP) is 2.53.